The van der Waals surface area contributed by atoms with Gasteiger partial charge in [-0.15, -0.1) is 0 Å². The molecule has 5 atom stereocenters. The van der Waals surface area contributed by atoms with E-state index in [1.807, 2.05) is 12.1 Å². The second-order valence-corrected chi connectivity index (χ2v) is 10.5. The highest BCUT2D eigenvalue weighted by Crippen LogP contribution is 2.55. The molecule has 3 aromatic rings. The summed E-state index contributed by atoms with van der Waals surface area (Å²) in [7, 11) is 2.92. The Morgan fingerprint density at radius 1 is 0.950 bits per heavy atom. The van der Waals surface area contributed by atoms with Crippen molar-refractivity contribution in [2.45, 2.75) is 12.0 Å². The van der Waals surface area contributed by atoms with Gasteiger partial charge in [0, 0.05) is 35.6 Å². The van der Waals surface area contributed by atoms with Crippen LogP contribution in [0.4, 0.5) is 11.4 Å². The monoisotopic (exact) mass is 570 g/mol. The van der Waals surface area contributed by atoms with Crippen LogP contribution in [0.15, 0.2) is 48.5 Å². The van der Waals surface area contributed by atoms with Crippen LogP contribution in [0.2, 0.25) is 0 Å². The van der Waals surface area contributed by atoms with Crippen LogP contribution in [0, 0.1) is 22.0 Å². The van der Waals surface area contributed by atoms with E-state index in [-0.39, 0.29) is 66.7 Å². The van der Waals surface area contributed by atoms with E-state index in [9.17, 15) is 19.4 Å². The first-order valence-electron chi connectivity index (χ1n) is 12.5. The quantitative estimate of drug-likeness (QED) is 0.324. The van der Waals surface area contributed by atoms with Gasteiger partial charge < -0.3 is 29.4 Å². The molecule has 3 aliphatic rings. The van der Waals surface area contributed by atoms with Crippen molar-refractivity contribution in [3.63, 3.8) is 0 Å². The highest BCUT2D eigenvalue weighted by atomic mass is 32.2. The number of ether oxygens (including phenoxy) is 4. The summed E-state index contributed by atoms with van der Waals surface area (Å²) in [5.41, 5.74) is 3.21. The summed E-state index contributed by atoms with van der Waals surface area (Å²) in [6, 6.07) is 13.1. The fourth-order valence-electron chi connectivity index (χ4n) is 5.77. The summed E-state index contributed by atoms with van der Waals surface area (Å²) in [5, 5.41) is 25.3. The first kappa shape index (κ1) is 26.2. The topological polar surface area (TPSA) is 148 Å². The van der Waals surface area contributed by atoms with E-state index in [1.165, 1.54) is 26.4 Å². The van der Waals surface area contributed by atoms with Crippen LogP contribution < -0.4 is 24.3 Å². The summed E-state index contributed by atoms with van der Waals surface area (Å²) in [4.78, 5) is 10.7. The fourth-order valence-corrected chi connectivity index (χ4v) is 6.38. The van der Waals surface area contributed by atoms with Crippen molar-refractivity contribution in [3.05, 3.63) is 75.3 Å². The van der Waals surface area contributed by atoms with Crippen molar-refractivity contribution in [2.75, 3.05) is 39.5 Å². The molecule has 3 aromatic carbocycles. The fraction of sp³-hybridized carbons (Fsp3) is 0.333. The molecule has 210 valence electrons. The molecule has 0 saturated carbocycles. The number of rotatable bonds is 6. The SMILES string of the molecule is COc1cc([C@@H]2c3cc4c(cc3[C@@H](Nc3ccc([N+](=O)[O-])cc3)[C@H]3COS(=O)OC[C@H]23)OCO4)cc(OC)c1O. The maximum atomic E-state index is 12.4. The smallest absolute Gasteiger partial charge is 0.304 e. The van der Waals surface area contributed by atoms with E-state index in [0.29, 0.717) is 17.2 Å². The molecule has 0 spiro atoms. The molecule has 0 radical (unpaired) electrons. The van der Waals surface area contributed by atoms with E-state index < -0.39 is 16.3 Å². The number of aromatic hydroxyl groups is 1. The van der Waals surface area contributed by atoms with Gasteiger partial charge in [0.15, 0.2) is 23.0 Å². The third-order valence-corrected chi connectivity index (χ3v) is 8.29. The molecule has 0 amide bonds. The first-order valence-corrected chi connectivity index (χ1v) is 13.5. The van der Waals surface area contributed by atoms with Crippen LogP contribution >= 0.6 is 0 Å². The van der Waals surface area contributed by atoms with Gasteiger partial charge in [-0.2, -0.15) is 4.21 Å². The number of nitrogens with zero attached hydrogens (tertiary/aromatic N) is 1. The lowest BCUT2D eigenvalue weighted by Crippen LogP contribution is -2.40. The lowest BCUT2D eigenvalue weighted by molar-refractivity contribution is -0.384. The molecule has 1 fully saturated rings. The van der Waals surface area contributed by atoms with Gasteiger partial charge in [-0.1, -0.05) is 0 Å². The van der Waals surface area contributed by atoms with Gasteiger partial charge in [0.1, 0.15) is 0 Å². The number of methoxy groups -OCH3 is 2. The van der Waals surface area contributed by atoms with E-state index in [2.05, 4.69) is 5.32 Å². The number of phenols is 1. The van der Waals surface area contributed by atoms with Crippen molar-refractivity contribution >= 4 is 22.7 Å². The zero-order valence-electron chi connectivity index (χ0n) is 21.5. The predicted octanol–water partition coefficient (Wildman–Crippen LogP) is 4.20. The molecule has 6 rings (SSSR count). The number of fused-ring (bicyclic) bond motifs is 3. The van der Waals surface area contributed by atoms with Gasteiger partial charge >= 0.3 is 11.4 Å². The van der Waals surface area contributed by atoms with Gasteiger partial charge in [-0.05, 0) is 53.1 Å². The summed E-state index contributed by atoms with van der Waals surface area (Å²) in [5.74, 6) is 0.698. The summed E-state index contributed by atoms with van der Waals surface area (Å²) < 4.78 is 45.9. The third kappa shape index (κ3) is 4.55. The van der Waals surface area contributed by atoms with Crippen molar-refractivity contribution < 1.29 is 41.6 Å². The Labute approximate surface area is 231 Å². The normalized spacial score (nSPS) is 24.8. The first-order chi connectivity index (χ1) is 19.4. The van der Waals surface area contributed by atoms with E-state index >= 15 is 0 Å². The second-order valence-electron chi connectivity index (χ2n) is 9.61. The molecule has 40 heavy (non-hydrogen) atoms. The molecular formula is C27H26N2O10S. The van der Waals surface area contributed by atoms with Gasteiger partial charge in [0.05, 0.1) is 38.4 Å². The van der Waals surface area contributed by atoms with Crippen LogP contribution in [0.3, 0.4) is 0 Å². The van der Waals surface area contributed by atoms with Crippen molar-refractivity contribution in [3.8, 4) is 28.7 Å². The minimum Gasteiger partial charge on any atom is -0.502 e. The zero-order valence-corrected chi connectivity index (χ0v) is 22.3. The Hall–Kier alpha value is -4.07. The molecule has 0 bridgehead atoms. The molecule has 13 heteroatoms. The number of hydrogen-bond donors (Lipinski definition) is 2. The Morgan fingerprint density at radius 3 is 2.15 bits per heavy atom. The maximum absolute atomic E-state index is 12.4. The van der Waals surface area contributed by atoms with Crippen LogP contribution in [0.1, 0.15) is 28.7 Å². The Morgan fingerprint density at radius 2 is 1.55 bits per heavy atom. The molecule has 2 N–H and O–H groups in total. The minimum absolute atomic E-state index is 0.0206. The molecule has 1 saturated heterocycles. The van der Waals surface area contributed by atoms with E-state index in [1.54, 1.807) is 24.3 Å². The Kier molecular flexibility index (Phi) is 6.86. The molecule has 1 aliphatic carbocycles. The van der Waals surface area contributed by atoms with Gasteiger partial charge in [0.2, 0.25) is 12.5 Å². The number of nitro benzene ring substituents is 1. The molecule has 2 heterocycles. The second kappa shape index (κ2) is 10.5. The number of benzene rings is 3. The number of phenolic OH excluding ortho intramolecular Hbond substituents is 1. The number of anilines is 1. The largest absolute Gasteiger partial charge is 0.502 e. The number of non-ortho nitro benzene ring substituents is 1. The number of nitro groups is 1. The number of hydrogen-bond acceptors (Lipinski definition) is 11. The van der Waals surface area contributed by atoms with Gasteiger partial charge in [-0.25, -0.2) is 0 Å². The van der Waals surface area contributed by atoms with Crippen molar-refractivity contribution in [1.82, 2.24) is 0 Å². The van der Waals surface area contributed by atoms with Gasteiger partial charge in [-0.3, -0.25) is 18.5 Å². The predicted molar refractivity (Wildman–Crippen MR) is 142 cm³/mol. The average Bonchev–Trinajstić information content (AvgIpc) is 3.33. The van der Waals surface area contributed by atoms with Gasteiger partial charge in [0.25, 0.3) is 5.69 Å². The number of nitrogens with one attached hydrogen (secondary N) is 1. The molecule has 12 nitrogen and oxygen atoms in total. The average molecular weight is 571 g/mol. The van der Waals surface area contributed by atoms with E-state index in [4.69, 9.17) is 27.3 Å². The Balaban J connectivity index is 1.53. The molecule has 1 unspecified atom stereocenters. The van der Waals surface area contributed by atoms with Crippen LogP contribution in [-0.4, -0.2) is 48.5 Å². The highest BCUT2D eigenvalue weighted by molar-refractivity contribution is 7.75. The highest BCUT2D eigenvalue weighted by Gasteiger charge is 2.47. The van der Waals surface area contributed by atoms with Crippen molar-refractivity contribution in [2.24, 2.45) is 11.8 Å². The summed E-state index contributed by atoms with van der Waals surface area (Å²) >= 11 is -1.94. The zero-order chi connectivity index (χ0) is 28.0. The Bertz CT molecular complexity index is 1460. The molecule has 2 aliphatic heterocycles. The van der Waals surface area contributed by atoms with Crippen molar-refractivity contribution in [1.29, 1.82) is 0 Å². The van der Waals surface area contributed by atoms with E-state index in [0.717, 1.165) is 16.7 Å². The van der Waals surface area contributed by atoms with Crippen LogP contribution in [-0.2, 0) is 19.7 Å². The molecular weight excluding hydrogens is 544 g/mol. The van der Waals surface area contributed by atoms with Crippen LogP contribution in [0.5, 0.6) is 28.7 Å². The lowest BCUT2D eigenvalue weighted by atomic mass is 9.64. The lowest BCUT2D eigenvalue weighted by Gasteiger charge is -2.44. The summed E-state index contributed by atoms with van der Waals surface area (Å²) in [6.07, 6.45) is 0. The maximum Gasteiger partial charge on any atom is 0.304 e. The standard InChI is InChI=1S/C27H26N2O10S/c1-34-23-7-14(8-24(35-2)27(23)30)25-17-9-21-22(37-13-36-21)10-18(17)26(20-12-39-40(33)38-11-19(20)25)28-15-3-5-16(6-4-15)29(31)32/h3-10,19-20,25-26,28,30H,11-13H2,1-2H3/t19-,20-,25+,26+,40?/m0/s1. The minimum atomic E-state index is -1.94. The summed E-state index contributed by atoms with van der Waals surface area (Å²) in [6.45, 7) is 0.306. The van der Waals surface area contributed by atoms with Crippen LogP contribution in [0.25, 0.3) is 0 Å². The third-order valence-electron chi connectivity index (χ3n) is 7.63. The molecule has 0 aromatic heterocycles.